The van der Waals surface area contributed by atoms with Crippen molar-refractivity contribution < 1.29 is 24.3 Å². The number of carbonyl (C=O) groups is 2. The van der Waals surface area contributed by atoms with E-state index in [-0.39, 0.29) is 6.54 Å². The molecule has 7 heteroatoms. The van der Waals surface area contributed by atoms with E-state index in [1.54, 1.807) is 0 Å². The summed E-state index contributed by atoms with van der Waals surface area (Å²) in [7, 11) is 0. The average Bonchev–Trinajstić information content (AvgIpc) is 2.34. The van der Waals surface area contributed by atoms with Gasteiger partial charge in [0.15, 0.2) is 6.61 Å². The van der Waals surface area contributed by atoms with E-state index < -0.39 is 18.6 Å². The molecule has 0 spiro atoms. The number of amides is 2. The van der Waals surface area contributed by atoms with Crippen molar-refractivity contribution in [1.29, 1.82) is 0 Å². The zero-order valence-corrected chi connectivity index (χ0v) is 10.5. The number of hydrogen-bond acceptors (Lipinski definition) is 4. The Labute approximate surface area is 110 Å². The zero-order valence-electron chi connectivity index (χ0n) is 10.5. The van der Waals surface area contributed by atoms with Gasteiger partial charge in [-0.15, -0.1) is 0 Å². The summed E-state index contributed by atoms with van der Waals surface area (Å²) in [6.45, 7) is 1.94. The van der Waals surface area contributed by atoms with Gasteiger partial charge >= 0.3 is 12.0 Å². The Morgan fingerprint density at radius 2 is 2.16 bits per heavy atom. The van der Waals surface area contributed by atoms with Crippen LogP contribution in [0.2, 0.25) is 0 Å². The molecule has 0 radical (unpaired) electrons. The fourth-order valence-corrected chi connectivity index (χ4v) is 1.24. The zero-order chi connectivity index (χ0) is 14.1. The van der Waals surface area contributed by atoms with E-state index in [0.29, 0.717) is 6.61 Å². The second-order valence-electron chi connectivity index (χ2n) is 3.71. The Morgan fingerprint density at radius 1 is 1.37 bits per heavy atom. The van der Waals surface area contributed by atoms with E-state index >= 15 is 0 Å². The molecule has 0 aliphatic rings. The molecule has 0 atom stereocenters. The molecule has 7 nitrogen and oxygen atoms in total. The molecular formula is C12H16N2O5. The van der Waals surface area contributed by atoms with Crippen LogP contribution in [0, 0.1) is 6.92 Å². The van der Waals surface area contributed by atoms with Gasteiger partial charge < -0.3 is 15.2 Å². The largest absolute Gasteiger partial charge is 0.492 e. The van der Waals surface area contributed by atoms with Crippen molar-refractivity contribution in [3.8, 4) is 5.75 Å². The first-order valence-corrected chi connectivity index (χ1v) is 5.65. The number of rotatable bonds is 7. The molecule has 0 saturated heterocycles. The summed E-state index contributed by atoms with van der Waals surface area (Å²) >= 11 is 0. The topological polar surface area (TPSA) is 96.9 Å². The molecule has 2 amide bonds. The van der Waals surface area contributed by atoms with Crippen LogP contribution in [-0.2, 0) is 9.63 Å². The third-order valence-corrected chi connectivity index (χ3v) is 2.01. The number of aliphatic carboxylic acids is 1. The molecule has 3 N–H and O–H groups in total. The predicted octanol–water partition coefficient (Wildman–Crippen LogP) is 0.689. The lowest BCUT2D eigenvalue weighted by Crippen LogP contribution is -2.38. The van der Waals surface area contributed by atoms with E-state index in [1.807, 2.05) is 36.7 Å². The van der Waals surface area contributed by atoms with Crippen LogP contribution in [0.1, 0.15) is 5.56 Å². The van der Waals surface area contributed by atoms with Crippen molar-refractivity contribution >= 4 is 12.0 Å². The molecule has 0 aliphatic heterocycles. The first-order valence-electron chi connectivity index (χ1n) is 5.65. The van der Waals surface area contributed by atoms with Crippen molar-refractivity contribution in [2.45, 2.75) is 6.92 Å². The highest BCUT2D eigenvalue weighted by molar-refractivity contribution is 5.73. The number of nitrogens with one attached hydrogen (secondary N) is 2. The third kappa shape index (κ3) is 6.89. The van der Waals surface area contributed by atoms with Gasteiger partial charge in [-0.05, 0) is 24.6 Å². The van der Waals surface area contributed by atoms with Gasteiger partial charge in [0.25, 0.3) is 0 Å². The highest BCUT2D eigenvalue weighted by Gasteiger charge is 2.02. The second kappa shape index (κ2) is 7.93. The Bertz CT molecular complexity index is 436. The first-order chi connectivity index (χ1) is 9.08. The van der Waals surface area contributed by atoms with E-state index in [1.165, 1.54) is 0 Å². The number of benzene rings is 1. The molecule has 0 aromatic heterocycles. The quantitative estimate of drug-likeness (QED) is 0.499. The molecule has 0 bridgehead atoms. The molecule has 1 rings (SSSR count). The number of hydrogen-bond donors (Lipinski definition) is 3. The van der Waals surface area contributed by atoms with Gasteiger partial charge in [0.1, 0.15) is 12.4 Å². The van der Waals surface area contributed by atoms with Crippen molar-refractivity contribution in [3.63, 3.8) is 0 Å². The summed E-state index contributed by atoms with van der Waals surface area (Å²) in [5.41, 5.74) is 3.02. The Kier molecular flexibility index (Phi) is 6.17. The van der Waals surface area contributed by atoms with Gasteiger partial charge in [0.2, 0.25) is 0 Å². The van der Waals surface area contributed by atoms with Crippen molar-refractivity contribution in [1.82, 2.24) is 10.8 Å². The second-order valence-corrected chi connectivity index (χ2v) is 3.71. The normalized spacial score (nSPS) is 9.74. The summed E-state index contributed by atoms with van der Waals surface area (Å²) in [4.78, 5) is 25.6. The van der Waals surface area contributed by atoms with E-state index in [4.69, 9.17) is 9.84 Å². The minimum absolute atomic E-state index is 0.274. The number of carboxylic acids is 1. The molecule has 0 fully saturated rings. The Hall–Kier alpha value is -2.28. The van der Waals surface area contributed by atoms with E-state index in [2.05, 4.69) is 10.2 Å². The molecule has 0 heterocycles. The lowest BCUT2D eigenvalue weighted by Gasteiger charge is -2.08. The summed E-state index contributed by atoms with van der Waals surface area (Å²) < 4.78 is 5.40. The molecule has 0 saturated carbocycles. The third-order valence-electron chi connectivity index (χ3n) is 2.01. The molecule has 19 heavy (non-hydrogen) atoms. The van der Waals surface area contributed by atoms with Gasteiger partial charge in [-0.25, -0.2) is 15.1 Å². The van der Waals surface area contributed by atoms with Gasteiger partial charge in [-0.1, -0.05) is 12.1 Å². The molecular weight excluding hydrogens is 252 g/mol. The van der Waals surface area contributed by atoms with Crippen LogP contribution in [0.5, 0.6) is 5.75 Å². The van der Waals surface area contributed by atoms with Gasteiger partial charge in [0, 0.05) is 0 Å². The van der Waals surface area contributed by atoms with Gasteiger partial charge in [0.05, 0.1) is 6.54 Å². The van der Waals surface area contributed by atoms with Crippen LogP contribution in [0.25, 0.3) is 0 Å². The molecule has 1 aromatic carbocycles. The number of carbonyl (C=O) groups excluding carboxylic acids is 1. The van der Waals surface area contributed by atoms with E-state index in [0.717, 1.165) is 11.3 Å². The van der Waals surface area contributed by atoms with Crippen molar-refractivity contribution in [2.75, 3.05) is 19.8 Å². The molecule has 0 unspecified atom stereocenters. The highest BCUT2D eigenvalue weighted by atomic mass is 16.7. The van der Waals surface area contributed by atoms with Crippen LogP contribution in [0.4, 0.5) is 4.79 Å². The summed E-state index contributed by atoms with van der Waals surface area (Å²) in [5, 5.41) is 10.7. The summed E-state index contributed by atoms with van der Waals surface area (Å²) in [6.07, 6.45) is 0. The van der Waals surface area contributed by atoms with Crippen LogP contribution in [-0.4, -0.2) is 36.9 Å². The van der Waals surface area contributed by atoms with Gasteiger partial charge in [-0.2, -0.15) is 0 Å². The maximum absolute atomic E-state index is 11.1. The summed E-state index contributed by atoms with van der Waals surface area (Å²) in [5.74, 6) is -0.438. The number of hydroxylamine groups is 1. The lowest BCUT2D eigenvalue weighted by molar-refractivity contribution is -0.144. The monoisotopic (exact) mass is 268 g/mol. The minimum Gasteiger partial charge on any atom is -0.492 e. The molecule has 104 valence electrons. The van der Waals surface area contributed by atoms with Crippen LogP contribution in [0.3, 0.4) is 0 Å². The molecule has 0 aliphatic carbocycles. The molecule has 1 aromatic rings. The summed E-state index contributed by atoms with van der Waals surface area (Å²) in [6, 6.07) is 6.93. The van der Waals surface area contributed by atoms with Crippen molar-refractivity contribution in [3.05, 3.63) is 29.8 Å². The number of ether oxygens (including phenoxy) is 1. The first kappa shape index (κ1) is 14.8. The maximum atomic E-state index is 11.1. The fourth-order valence-electron chi connectivity index (χ4n) is 1.24. The highest BCUT2D eigenvalue weighted by Crippen LogP contribution is 2.11. The lowest BCUT2D eigenvalue weighted by atomic mass is 10.2. The number of aryl methyl sites for hydroxylation is 1. The number of urea groups is 1. The van der Waals surface area contributed by atoms with Crippen LogP contribution < -0.4 is 15.5 Å². The SMILES string of the molecule is Cc1cccc(OCCNC(=O)NOCC(=O)O)c1. The average molecular weight is 268 g/mol. The minimum atomic E-state index is -1.16. The number of carboxylic acid groups (broad SMARTS) is 1. The van der Waals surface area contributed by atoms with Crippen LogP contribution in [0.15, 0.2) is 24.3 Å². The Balaban J connectivity index is 2.10. The van der Waals surface area contributed by atoms with Crippen molar-refractivity contribution in [2.24, 2.45) is 0 Å². The standard InChI is InChI=1S/C12H16N2O5/c1-9-3-2-4-10(7-9)18-6-5-13-12(17)14-19-8-11(15)16/h2-4,7H,5-6,8H2,1H3,(H,15,16)(H2,13,14,17). The maximum Gasteiger partial charge on any atom is 0.338 e. The smallest absolute Gasteiger partial charge is 0.338 e. The van der Waals surface area contributed by atoms with E-state index in [9.17, 15) is 9.59 Å². The van der Waals surface area contributed by atoms with Gasteiger partial charge in [-0.3, -0.25) is 4.84 Å². The Morgan fingerprint density at radius 3 is 2.84 bits per heavy atom. The fraction of sp³-hybridized carbons (Fsp3) is 0.333. The predicted molar refractivity (Wildman–Crippen MR) is 66.8 cm³/mol. The van der Waals surface area contributed by atoms with Crippen LogP contribution >= 0.6 is 0 Å².